The summed E-state index contributed by atoms with van der Waals surface area (Å²) in [7, 11) is 0. The lowest BCUT2D eigenvalue weighted by Crippen LogP contribution is -2.50. The zero-order chi connectivity index (χ0) is 14.4. The molecule has 5 nitrogen and oxygen atoms in total. The third-order valence-corrected chi connectivity index (χ3v) is 3.78. The Morgan fingerprint density at radius 2 is 1.74 bits per heavy atom. The van der Waals surface area contributed by atoms with Crippen molar-refractivity contribution in [1.82, 2.24) is 10.6 Å². The van der Waals surface area contributed by atoms with Crippen LogP contribution < -0.4 is 10.6 Å². The average molecular weight is 270 g/mol. The maximum absolute atomic E-state index is 11.8. The number of amides is 2. The first-order chi connectivity index (χ1) is 8.90. The van der Waals surface area contributed by atoms with Crippen molar-refractivity contribution in [3.8, 4) is 0 Å². The Hall–Kier alpha value is -1.26. The van der Waals surface area contributed by atoms with Gasteiger partial charge in [-0.1, -0.05) is 26.7 Å². The van der Waals surface area contributed by atoms with Crippen molar-refractivity contribution in [2.45, 2.75) is 65.0 Å². The average Bonchev–Trinajstić information content (AvgIpc) is 2.80. The van der Waals surface area contributed by atoms with E-state index in [1.165, 1.54) is 12.8 Å². The Balaban J connectivity index is 2.41. The molecular formula is C14H26N2O3. The van der Waals surface area contributed by atoms with Crippen molar-refractivity contribution in [1.29, 1.82) is 0 Å². The van der Waals surface area contributed by atoms with E-state index in [0.29, 0.717) is 12.3 Å². The first-order valence-electron chi connectivity index (χ1n) is 7.20. The highest BCUT2D eigenvalue weighted by Crippen LogP contribution is 2.27. The van der Waals surface area contributed by atoms with Gasteiger partial charge in [-0.2, -0.15) is 0 Å². The molecule has 19 heavy (non-hydrogen) atoms. The Bertz CT molecular complexity index is 312. The molecule has 0 aliphatic heterocycles. The molecule has 1 unspecified atom stereocenters. The molecule has 1 aliphatic rings. The third-order valence-electron chi connectivity index (χ3n) is 3.78. The molecule has 1 aliphatic carbocycles. The van der Waals surface area contributed by atoms with Crippen molar-refractivity contribution in [3.05, 3.63) is 0 Å². The minimum atomic E-state index is -0.975. The van der Waals surface area contributed by atoms with E-state index in [1.54, 1.807) is 0 Å². The van der Waals surface area contributed by atoms with Crippen molar-refractivity contribution in [3.63, 3.8) is 0 Å². The highest BCUT2D eigenvalue weighted by Gasteiger charge is 2.25. The number of hydrogen-bond acceptors (Lipinski definition) is 2. The van der Waals surface area contributed by atoms with Gasteiger partial charge in [0, 0.05) is 6.04 Å². The summed E-state index contributed by atoms with van der Waals surface area (Å²) in [6.07, 6.45) is 5.19. The molecule has 1 saturated carbocycles. The predicted molar refractivity (Wildman–Crippen MR) is 74.0 cm³/mol. The topological polar surface area (TPSA) is 78.4 Å². The fraction of sp³-hybridized carbons (Fsp3) is 0.857. The van der Waals surface area contributed by atoms with Crippen LogP contribution in [0, 0.1) is 11.8 Å². The summed E-state index contributed by atoms with van der Waals surface area (Å²) in [5.74, 6) is -0.217. The van der Waals surface area contributed by atoms with E-state index in [0.717, 1.165) is 12.8 Å². The van der Waals surface area contributed by atoms with Crippen LogP contribution in [0.5, 0.6) is 0 Å². The second-order valence-corrected chi connectivity index (χ2v) is 5.97. The van der Waals surface area contributed by atoms with Crippen LogP contribution in [0.2, 0.25) is 0 Å². The number of aliphatic carboxylic acids is 1. The normalized spacial score (nSPS) is 19.2. The fourth-order valence-electron chi connectivity index (χ4n) is 2.67. The highest BCUT2D eigenvalue weighted by atomic mass is 16.4. The van der Waals surface area contributed by atoms with Crippen molar-refractivity contribution in [2.75, 3.05) is 0 Å². The van der Waals surface area contributed by atoms with Gasteiger partial charge in [0.05, 0.1) is 0 Å². The molecule has 1 rings (SSSR count). The summed E-state index contributed by atoms with van der Waals surface area (Å²) in [6, 6.07) is -1.07. The number of carboxylic acid groups (broad SMARTS) is 1. The van der Waals surface area contributed by atoms with Gasteiger partial charge < -0.3 is 15.7 Å². The predicted octanol–water partition coefficient (Wildman–Crippen LogP) is 2.36. The van der Waals surface area contributed by atoms with Gasteiger partial charge in [-0.05, 0) is 38.0 Å². The summed E-state index contributed by atoms with van der Waals surface area (Å²) in [6.45, 7) is 5.88. The molecule has 0 aromatic rings. The zero-order valence-corrected chi connectivity index (χ0v) is 12.1. The number of carboxylic acids is 1. The van der Waals surface area contributed by atoms with Crippen molar-refractivity contribution in [2.24, 2.45) is 11.8 Å². The Labute approximate surface area is 115 Å². The highest BCUT2D eigenvalue weighted by molar-refractivity contribution is 5.82. The van der Waals surface area contributed by atoms with Crippen LogP contribution in [0.15, 0.2) is 0 Å². The van der Waals surface area contributed by atoms with Gasteiger partial charge in [-0.3, -0.25) is 0 Å². The van der Waals surface area contributed by atoms with Crippen LogP contribution >= 0.6 is 0 Å². The van der Waals surface area contributed by atoms with Crippen LogP contribution in [-0.2, 0) is 4.79 Å². The minimum absolute atomic E-state index is 0.107. The Morgan fingerprint density at radius 3 is 2.21 bits per heavy atom. The first kappa shape index (κ1) is 15.8. The molecule has 1 fully saturated rings. The van der Waals surface area contributed by atoms with E-state index >= 15 is 0 Å². The van der Waals surface area contributed by atoms with E-state index in [2.05, 4.69) is 10.6 Å². The third kappa shape index (κ3) is 5.49. The molecule has 0 bridgehead atoms. The maximum Gasteiger partial charge on any atom is 0.326 e. The lowest BCUT2D eigenvalue weighted by Gasteiger charge is -2.23. The number of carbonyl (C=O) groups excluding carboxylic acids is 1. The molecule has 2 atom stereocenters. The number of rotatable bonds is 6. The van der Waals surface area contributed by atoms with Gasteiger partial charge >= 0.3 is 12.0 Å². The molecule has 0 radical (unpaired) electrons. The molecule has 0 saturated heterocycles. The zero-order valence-electron chi connectivity index (χ0n) is 12.1. The summed E-state index contributed by atoms with van der Waals surface area (Å²) < 4.78 is 0. The first-order valence-corrected chi connectivity index (χ1v) is 7.20. The molecule has 0 aromatic heterocycles. The number of hydrogen-bond donors (Lipinski definition) is 3. The van der Waals surface area contributed by atoms with Crippen LogP contribution in [0.25, 0.3) is 0 Å². The largest absolute Gasteiger partial charge is 0.480 e. The number of nitrogens with one attached hydrogen (secondary N) is 2. The van der Waals surface area contributed by atoms with E-state index < -0.39 is 12.0 Å². The van der Waals surface area contributed by atoms with Crippen molar-refractivity contribution < 1.29 is 14.7 Å². The van der Waals surface area contributed by atoms with Gasteiger partial charge in [0.1, 0.15) is 6.04 Å². The summed E-state index contributed by atoms with van der Waals surface area (Å²) >= 11 is 0. The van der Waals surface area contributed by atoms with Crippen molar-refractivity contribution >= 4 is 12.0 Å². The lowest BCUT2D eigenvalue weighted by atomic mass is 10.00. The Kier molecular flexibility index (Phi) is 6.12. The quantitative estimate of drug-likeness (QED) is 0.693. The van der Waals surface area contributed by atoms with Crippen LogP contribution in [0.4, 0.5) is 4.79 Å². The Morgan fingerprint density at radius 1 is 1.16 bits per heavy atom. The summed E-state index contributed by atoms with van der Waals surface area (Å²) in [5.41, 5.74) is 0. The second kappa shape index (κ2) is 7.36. The molecule has 110 valence electrons. The molecule has 2 amide bonds. The van der Waals surface area contributed by atoms with Gasteiger partial charge in [0.25, 0.3) is 0 Å². The summed E-state index contributed by atoms with van der Waals surface area (Å²) in [5, 5.41) is 14.5. The van der Waals surface area contributed by atoms with E-state index in [9.17, 15) is 9.59 Å². The van der Waals surface area contributed by atoms with Gasteiger partial charge in [-0.15, -0.1) is 0 Å². The van der Waals surface area contributed by atoms with E-state index in [4.69, 9.17) is 5.11 Å². The summed E-state index contributed by atoms with van der Waals surface area (Å²) in [4.78, 5) is 22.9. The smallest absolute Gasteiger partial charge is 0.326 e. The minimum Gasteiger partial charge on any atom is -0.480 e. The second-order valence-electron chi connectivity index (χ2n) is 5.97. The van der Waals surface area contributed by atoms with Gasteiger partial charge in [-0.25, -0.2) is 9.59 Å². The van der Waals surface area contributed by atoms with Gasteiger partial charge in [0.15, 0.2) is 0 Å². The monoisotopic (exact) mass is 270 g/mol. The standard InChI is InChI=1S/C14H26N2O3/c1-9(2)8-12(13(17)18)16-14(19)15-10(3)11-6-4-5-7-11/h9-12H,4-8H2,1-3H3,(H,17,18)(H2,15,16,19)/t10?,12-/m0/s1. The fourth-order valence-corrected chi connectivity index (χ4v) is 2.67. The molecule has 5 heteroatoms. The lowest BCUT2D eigenvalue weighted by molar-refractivity contribution is -0.139. The van der Waals surface area contributed by atoms with Crippen LogP contribution in [0.3, 0.4) is 0 Å². The molecule has 0 heterocycles. The molecule has 0 spiro atoms. The van der Waals surface area contributed by atoms with Gasteiger partial charge in [0.2, 0.25) is 0 Å². The number of carbonyl (C=O) groups is 2. The maximum atomic E-state index is 11.8. The molecule has 0 aromatic carbocycles. The van der Waals surface area contributed by atoms with E-state index in [1.807, 2.05) is 20.8 Å². The number of urea groups is 1. The SMILES string of the molecule is CC(C)C[C@H](NC(=O)NC(C)C1CCCC1)C(=O)O. The van der Waals surface area contributed by atoms with E-state index in [-0.39, 0.29) is 18.0 Å². The van der Waals surface area contributed by atoms with Crippen LogP contribution in [0.1, 0.15) is 52.9 Å². The van der Waals surface area contributed by atoms with Crippen LogP contribution in [-0.4, -0.2) is 29.2 Å². The molecule has 3 N–H and O–H groups in total. The molecular weight excluding hydrogens is 244 g/mol.